The Balaban J connectivity index is 5.44. The third-order valence-electron chi connectivity index (χ3n) is 4.30. The highest BCUT2D eigenvalue weighted by Gasteiger charge is 2.41. The Morgan fingerprint density at radius 2 is 1.81 bits per heavy atom. The molecule has 0 bridgehead atoms. The quantitative estimate of drug-likeness (QED) is 0.289. The van der Waals surface area contributed by atoms with Crippen LogP contribution in [0.4, 0.5) is 0 Å². The number of hydrogen-bond donors (Lipinski definition) is 0. The van der Waals surface area contributed by atoms with E-state index in [0.717, 1.165) is 6.29 Å². The first-order chi connectivity index (χ1) is 9.50. The maximum absolute atomic E-state index is 10.9. The molecule has 0 aromatic heterocycles. The summed E-state index contributed by atoms with van der Waals surface area (Å²) in [5, 5.41) is 0.119. The van der Waals surface area contributed by atoms with Crippen molar-refractivity contribution in [1.82, 2.24) is 0 Å². The van der Waals surface area contributed by atoms with E-state index in [-0.39, 0.29) is 23.2 Å². The molecule has 0 aliphatic rings. The van der Waals surface area contributed by atoms with Gasteiger partial charge in [0.15, 0.2) is 8.32 Å². The van der Waals surface area contributed by atoms with Crippen molar-refractivity contribution in [1.29, 1.82) is 0 Å². The maximum Gasteiger partial charge on any atom is 0.192 e. The van der Waals surface area contributed by atoms with Gasteiger partial charge in [-0.25, -0.2) is 0 Å². The second kappa shape index (κ2) is 8.06. The van der Waals surface area contributed by atoms with Gasteiger partial charge in [-0.1, -0.05) is 39.8 Å². The van der Waals surface area contributed by atoms with Crippen LogP contribution >= 0.6 is 0 Å². The highest BCUT2D eigenvalue weighted by atomic mass is 28.4. The molecule has 0 aliphatic carbocycles. The lowest BCUT2D eigenvalue weighted by atomic mass is 9.97. The van der Waals surface area contributed by atoms with E-state index in [2.05, 4.69) is 47.4 Å². The van der Waals surface area contributed by atoms with E-state index in [1.807, 2.05) is 13.0 Å². The molecule has 0 aromatic carbocycles. The van der Waals surface area contributed by atoms with E-state index in [1.165, 1.54) is 0 Å². The van der Waals surface area contributed by atoms with E-state index in [4.69, 9.17) is 9.16 Å². The topological polar surface area (TPSA) is 35.5 Å². The van der Waals surface area contributed by atoms with E-state index in [1.54, 1.807) is 13.2 Å². The minimum Gasteiger partial charge on any atom is -0.410 e. The Labute approximate surface area is 131 Å². The van der Waals surface area contributed by atoms with E-state index < -0.39 is 8.32 Å². The fraction of sp³-hybridized carbons (Fsp3) is 0.706. The van der Waals surface area contributed by atoms with Crippen LogP contribution in [0, 0.1) is 5.92 Å². The van der Waals surface area contributed by atoms with Gasteiger partial charge in [-0.2, -0.15) is 0 Å². The number of methoxy groups -OCH3 is 1. The van der Waals surface area contributed by atoms with Gasteiger partial charge in [-0.05, 0) is 30.6 Å². The van der Waals surface area contributed by atoms with E-state index >= 15 is 0 Å². The molecule has 0 saturated heterocycles. The standard InChI is InChI=1S/C17H32O3Si/c1-10-15(19-7)16(14(3)11-13(2)12-18)20-21(8,9)17(4,5)6/h10-12,14-16H,1H2,2-9H3/t14?,15-,16-/m0/s1. The summed E-state index contributed by atoms with van der Waals surface area (Å²) in [5.41, 5.74) is 0.713. The molecule has 0 radical (unpaired) electrons. The lowest BCUT2D eigenvalue weighted by Gasteiger charge is -2.42. The summed E-state index contributed by atoms with van der Waals surface area (Å²) in [6, 6.07) is 0. The SMILES string of the molecule is C=C[C@H](OC)[C@@H](O[Si](C)(C)C(C)(C)C)C(C)C=C(C)C=O. The van der Waals surface area contributed by atoms with Gasteiger partial charge in [0.25, 0.3) is 0 Å². The number of allylic oxidation sites excluding steroid dienone is 1. The van der Waals surface area contributed by atoms with Crippen molar-refractivity contribution in [2.75, 3.05) is 7.11 Å². The highest BCUT2D eigenvalue weighted by Crippen LogP contribution is 2.39. The first-order valence-corrected chi connectivity index (χ1v) is 10.4. The molecule has 0 spiro atoms. The minimum absolute atomic E-state index is 0.0762. The number of carbonyl (C=O) groups excluding carboxylic acids is 1. The molecule has 0 fully saturated rings. The summed E-state index contributed by atoms with van der Waals surface area (Å²) < 4.78 is 12.1. The van der Waals surface area contributed by atoms with Crippen LogP contribution in [0.1, 0.15) is 34.6 Å². The van der Waals surface area contributed by atoms with Crippen LogP contribution in [0.15, 0.2) is 24.3 Å². The first kappa shape index (κ1) is 20.3. The zero-order valence-corrected chi connectivity index (χ0v) is 15.9. The zero-order chi connectivity index (χ0) is 16.8. The molecule has 0 aliphatic heterocycles. The maximum atomic E-state index is 10.9. The van der Waals surface area contributed by atoms with Crippen molar-refractivity contribution in [2.24, 2.45) is 5.92 Å². The number of ether oxygens (including phenoxy) is 1. The van der Waals surface area contributed by atoms with E-state index in [9.17, 15) is 4.79 Å². The predicted molar refractivity (Wildman–Crippen MR) is 92.0 cm³/mol. The highest BCUT2D eigenvalue weighted by molar-refractivity contribution is 6.74. The number of carbonyl (C=O) groups is 1. The molecule has 3 atom stereocenters. The van der Waals surface area contributed by atoms with Crippen molar-refractivity contribution in [3.63, 3.8) is 0 Å². The van der Waals surface area contributed by atoms with Crippen LogP contribution in [0.2, 0.25) is 18.1 Å². The molecule has 1 unspecified atom stereocenters. The van der Waals surface area contributed by atoms with Gasteiger partial charge < -0.3 is 9.16 Å². The van der Waals surface area contributed by atoms with Gasteiger partial charge in [-0.15, -0.1) is 6.58 Å². The van der Waals surface area contributed by atoms with Crippen LogP contribution in [-0.4, -0.2) is 33.9 Å². The smallest absolute Gasteiger partial charge is 0.192 e. The monoisotopic (exact) mass is 312 g/mol. The lowest BCUT2D eigenvalue weighted by molar-refractivity contribution is -0.104. The molecular formula is C17H32O3Si. The van der Waals surface area contributed by atoms with Gasteiger partial charge in [0, 0.05) is 13.0 Å². The Kier molecular flexibility index (Phi) is 7.79. The molecular weight excluding hydrogens is 280 g/mol. The first-order valence-electron chi connectivity index (χ1n) is 7.47. The Bertz CT molecular complexity index is 380. The Hall–Kier alpha value is -0.713. The second-order valence-corrected chi connectivity index (χ2v) is 11.9. The number of aldehydes is 1. The average Bonchev–Trinajstić information content (AvgIpc) is 2.37. The molecule has 0 N–H and O–H groups in total. The van der Waals surface area contributed by atoms with Gasteiger partial charge in [-0.3, -0.25) is 4.79 Å². The van der Waals surface area contributed by atoms with Crippen molar-refractivity contribution in [2.45, 2.75) is 65.0 Å². The van der Waals surface area contributed by atoms with Gasteiger partial charge in [0.2, 0.25) is 0 Å². The van der Waals surface area contributed by atoms with Gasteiger partial charge in [0.1, 0.15) is 12.4 Å². The summed E-state index contributed by atoms with van der Waals surface area (Å²) in [4.78, 5) is 10.9. The molecule has 122 valence electrons. The number of rotatable bonds is 8. The Morgan fingerprint density at radius 1 is 1.29 bits per heavy atom. The summed E-state index contributed by atoms with van der Waals surface area (Å²) in [6.07, 6.45) is 4.27. The summed E-state index contributed by atoms with van der Waals surface area (Å²) in [7, 11) is -0.269. The largest absolute Gasteiger partial charge is 0.410 e. The second-order valence-electron chi connectivity index (χ2n) is 7.17. The number of hydrogen-bond acceptors (Lipinski definition) is 3. The van der Waals surface area contributed by atoms with Crippen molar-refractivity contribution >= 4 is 14.6 Å². The molecule has 3 nitrogen and oxygen atoms in total. The molecule has 0 amide bonds. The molecule has 0 aromatic rings. The fourth-order valence-electron chi connectivity index (χ4n) is 1.90. The summed E-state index contributed by atoms with van der Waals surface area (Å²) in [6.45, 7) is 18.8. The molecule has 4 heteroatoms. The minimum atomic E-state index is -1.93. The lowest BCUT2D eigenvalue weighted by Crippen LogP contribution is -2.49. The van der Waals surface area contributed by atoms with Crippen LogP contribution in [-0.2, 0) is 14.0 Å². The van der Waals surface area contributed by atoms with Crippen LogP contribution in [0.3, 0.4) is 0 Å². The summed E-state index contributed by atoms with van der Waals surface area (Å²) >= 11 is 0. The Morgan fingerprint density at radius 3 is 2.14 bits per heavy atom. The third-order valence-corrected chi connectivity index (χ3v) is 8.77. The normalized spacial score (nSPS) is 18.0. The van der Waals surface area contributed by atoms with Crippen LogP contribution < -0.4 is 0 Å². The summed E-state index contributed by atoms with van der Waals surface area (Å²) in [5.74, 6) is 0.0762. The molecule has 21 heavy (non-hydrogen) atoms. The average molecular weight is 313 g/mol. The third kappa shape index (κ3) is 5.89. The van der Waals surface area contributed by atoms with Gasteiger partial charge in [0.05, 0.1) is 6.10 Å². The van der Waals surface area contributed by atoms with Crippen molar-refractivity contribution in [3.05, 3.63) is 24.3 Å². The van der Waals surface area contributed by atoms with Crippen LogP contribution in [0.25, 0.3) is 0 Å². The predicted octanol–water partition coefficient (Wildman–Crippen LogP) is 4.36. The fourth-order valence-corrected chi connectivity index (χ4v) is 3.29. The van der Waals surface area contributed by atoms with Crippen molar-refractivity contribution in [3.8, 4) is 0 Å². The van der Waals surface area contributed by atoms with Crippen LogP contribution in [0.5, 0.6) is 0 Å². The van der Waals surface area contributed by atoms with E-state index in [0.29, 0.717) is 5.57 Å². The molecule has 0 rings (SSSR count). The van der Waals surface area contributed by atoms with Gasteiger partial charge >= 0.3 is 0 Å². The zero-order valence-electron chi connectivity index (χ0n) is 14.9. The van der Waals surface area contributed by atoms with Crippen molar-refractivity contribution < 1.29 is 14.0 Å². The molecule has 0 heterocycles. The molecule has 0 saturated carbocycles.